The van der Waals surface area contributed by atoms with E-state index in [1.165, 1.54) is 30.4 Å². The number of halogens is 1. The lowest BCUT2D eigenvalue weighted by Crippen LogP contribution is -2.32. The predicted molar refractivity (Wildman–Crippen MR) is 81.7 cm³/mol. The number of hydrogen-bond acceptors (Lipinski definition) is 4. The van der Waals surface area contributed by atoms with Crippen LogP contribution in [0.2, 0.25) is 0 Å². The van der Waals surface area contributed by atoms with Crippen molar-refractivity contribution in [2.75, 3.05) is 32.5 Å². The molecule has 1 amide bonds. The molecule has 0 aliphatic rings. The molecule has 0 saturated heterocycles. The van der Waals surface area contributed by atoms with Crippen molar-refractivity contribution < 1.29 is 13.2 Å². The van der Waals surface area contributed by atoms with Crippen LogP contribution >= 0.6 is 12.4 Å². The van der Waals surface area contributed by atoms with Crippen molar-refractivity contribution in [2.24, 2.45) is 0 Å². The molecule has 0 aliphatic carbocycles. The Bertz CT molecular complexity index is 531. The van der Waals surface area contributed by atoms with Gasteiger partial charge in [-0.15, -0.1) is 12.4 Å². The highest BCUT2D eigenvalue weighted by molar-refractivity contribution is 7.89. The summed E-state index contributed by atoms with van der Waals surface area (Å²) in [5.74, 6) is -0.193. The van der Waals surface area contributed by atoms with Crippen molar-refractivity contribution in [3.63, 3.8) is 0 Å². The Balaban J connectivity index is 0.00000361. The average molecular weight is 322 g/mol. The number of rotatable bonds is 6. The molecule has 20 heavy (non-hydrogen) atoms. The lowest BCUT2D eigenvalue weighted by atomic mass is 10.3. The standard InChI is InChI=1S/C12H19N3O3S.ClH/c1-10(16)14-11-4-6-12(7-5-11)19(17,18)15(3)9-8-13-2;/h4-7,13H,8-9H2,1-3H3,(H,14,16);1H. The Labute approximate surface area is 126 Å². The Morgan fingerprint density at radius 3 is 2.25 bits per heavy atom. The van der Waals surface area contributed by atoms with Gasteiger partial charge in [0.2, 0.25) is 15.9 Å². The number of likely N-dealkylation sites (N-methyl/N-ethyl adjacent to an activating group) is 2. The van der Waals surface area contributed by atoms with Gasteiger partial charge >= 0.3 is 0 Å². The summed E-state index contributed by atoms with van der Waals surface area (Å²) in [6, 6.07) is 6.10. The first-order valence-electron chi connectivity index (χ1n) is 5.86. The fourth-order valence-corrected chi connectivity index (χ4v) is 2.65. The van der Waals surface area contributed by atoms with E-state index in [9.17, 15) is 13.2 Å². The first-order valence-corrected chi connectivity index (χ1v) is 7.30. The van der Waals surface area contributed by atoms with Gasteiger partial charge in [0.05, 0.1) is 4.90 Å². The van der Waals surface area contributed by atoms with E-state index in [-0.39, 0.29) is 23.2 Å². The smallest absolute Gasteiger partial charge is 0.242 e. The van der Waals surface area contributed by atoms with Gasteiger partial charge in [-0.3, -0.25) is 4.79 Å². The number of hydrogen-bond donors (Lipinski definition) is 2. The van der Waals surface area contributed by atoms with Gasteiger partial charge in [0.1, 0.15) is 0 Å². The molecule has 0 spiro atoms. The molecule has 0 aromatic heterocycles. The molecule has 0 atom stereocenters. The van der Waals surface area contributed by atoms with Crippen molar-refractivity contribution in [1.29, 1.82) is 0 Å². The average Bonchev–Trinajstić information content (AvgIpc) is 2.35. The third-order valence-electron chi connectivity index (χ3n) is 2.56. The topological polar surface area (TPSA) is 78.5 Å². The Hall–Kier alpha value is -1.15. The summed E-state index contributed by atoms with van der Waals surface area (Å²) < 4.78 is 25.7. The number of nitrogens with one attached hydrogen (secondary N) is 2. The Kier molecular flexibility index (Phi) is 7.74. The van der Waals surface area contributed by atoms with Crippen LogP contribution in [0, 0.1) is 0 Å². The fraction of sp³-hybridized carbons (Fsp3) is 0.417. The number of anilines is 1. The quantitative estimate of drug-likeness (QED) is 0.816. The molecule has 1 rings (SSSR count). The van der Waals surface area contributed by atoms with Crippen LogP contribution in [0.25, 0.3) is 0 Å². The predicted octanol–water partition coefficient (Wildman–Crippen LogP) is 0.907. The molecule has 114 valence electrons. The third-order valence-corrected chi connectivity index (χ3v) is 4.43. The van der Waals surface area contributed by atoms with E-state index >= 15 is 0 Å². The van der Waals surface area contributed by atoms with E-state index in [4.69, 9.17) is 0 Å². The molecule has 8 heteroatoms. The van der Waals surface area contributed by atoms with Crippen molar-refractivity contribution in [2.45, 2.75) is 11.8 Å². The Morgan fingerprint density at radius 1 is 1.25 bits per heavy atom. The molecule has 6 nitrogen and oxygen atoms in total. The molecule has 1 aromatic carbocycles. The second kappa shape index (κ2) is 8.21. The highest BCUT2D eigenvalue weighted by atomic mass is 35.5. The summed E-state index contributed by atoms with van der Waals surface area (Å²) in [6.07, 6.45) is 0. The van der Waals surface area contributed by atoms with Crippen LogP contribution in [0.1, 0.15) is 6.92 Å². The second-order valence-electron chi connectivity index (χ2n) is 4.14. The minimum absolute atomic E-state index is 0. The molecular weight excluding hydrogens is 302 g/mol. The van der Waals surface area contributed by atoms with Crippen LogP contribution in [0.5, 0.6) is 0 Å². The number of carbonyl (C=O) groups excluding carboxylic acids is 1. The van der Waals surface area contributed by atoms with Crippen LogP contribution in [-0.4, -0.2) is 45.8 Å². The first kappa shape index (κ1) is 18.9. The van der Waals surface area contributed by atoms with E-state index < -0.39 is 10.0 Å². The van der Waals surface area contributed by atoms with Gasteiger partial charge in [-0.1, -0.05) is 0 Å². The summed E-state index contributed by atoms with van der Waals surface area (Å²) in [5.41, 5.74) is 0.573. The number of carbonyl (C=O) groups is 1. The summed E-state index contributed by atoms with van der Waals surface area (Å²) >= 11 is 0. The van der Waals surface area contributed by atoms with E-state index in [2.05, 4.69) is 10.6 Å². The largest absolute Gasteiger partial charge is 0.326 e. The number of benzene rings is 1. The molecule has 0 unspecified atom stereocenters. The van der Waals surface area contributed by atoms with Crippen molar-refractivity contribution in [3.8, 4) is 0 Å². The van der Waals surface area contributed by atoms with Gasteiger partial charge in [0, 0.05) is 32.7 Å². The molecule has 2 N–H and O–H groups in total. The van der Waals surface area contributed by atoms with Gasteiger partial charge < -0.3 is 10.6 Å². The molecule has 0 bridgehead atoms. The highest BCUT2D eigenvalue weighted by Crippen LogP contribution is 2.17. The second-order valence-corrected chi connectivity index (χ2v) is 6.18. The summed E-state index contributed by atoms with van der Waals surface area (Å²) in [7, 11) is -0.173. The zero-order chi connectivity index (χ0) is 14.5. The van der Waals surface area contributed by atoms with Gasteiger partial charge in [-0.25, -0.2) is 8.42 Å². The monoisotopic (exact) mass is 321 g/mol. The van der Waals surface area contributed by atoms with Crippen LogP contribution in [0.15, 0.2) is 29.2 Å². The lowest BCUT2D eigenvalue weighted by Gasteiger charge is -2.17. The lowest BCUT2D eigenvalue weighted by molar-refractivity contribution is -0.114. The molecule has 0 heterocycles. The maximum Gasteiger partial charge on any atom is 0.242 e. The zero-order valence-electron chi connectivity index (χ0n) is 11.7. The van der Waals surface area contributed by atoms with E-state index in [0.717, 1.165) is 0 Å². The maximum absolute atomic E-state index is 12.2. The summed E-state index contributed by atoms with van der Waals surface area (Å²) in [4.78, 5) is 11.1. The van der Waals surface area contributed by atoms with Gasteiger partial charge in [0.25, 0.3) is 0 Å². The summed E-state index contributed by atoms with van der Waals surface area (Å²) in [5, 5.41) is 5.49. The summed E-state index contributed by atoms with van der Waals surface area (Å²) in [6.45, 7) is 2.38. The molecule has 1 aromatic rings. The zero-order valence-corrected chi connectivity index (χ0v) is 13.3. The van der Waals surface area contributed by atoms with Crippen molar-refractivity contribution in [1.82, 2.24) is 9.62 Å². The van der Waals surface area contributed by atoms with Crippen molar-refractivity contribution >= 4 is 34.0 Å². The normalized spacial score (nSPS) is 11.0. The molecule has 0 aliphatic heterocycles. The third kappa shape index (κ3) is 5.09. The number of nitrogens with zero attached hydrogens (tertiary/aromatic N) is 1. The Morgan fingerprint density at radius 2 is 1.80 bits per heavy atom. The number of amides is 1. The van der Waals surface area contributed by atoms with Crippen molar-refractivity contribution in [3.05, 3.63) is 24.3 Å². The van der Waals surface area contributed by atoms with Gasteiger partial charge in [0.15, 0.2) is 0 Å². The maximum atomic E-state index is 12.2. The molecule has 0 saturated carbocycles. The van der Waals surface area contributed by atoms with Crippen LogP contribution in [0.4, 0.5) is 5.69 Å². The van der Waals surface area contributed by atoms with E-state index in [1.54, 1.807) is 19.2 Å². The van der Waals surface area contributed by atoms with Crippen LogP contribution in [0.3, 0.4) is 0 Å². The van der Waals surface area contributed by atoms with Crippen LogP contribution in [-0.2, 0) is 14.8 Å². The molecule has 0 fully saturated rings. The first-order chi connectivity index (χ1) is 8.87. The van der Waals surface area contributed by atoms with Crippen LogP contribution < -0.4 is 10.6 Å². The minimum Gasteiger partial charge on any atom is -0.326 e. The fourth-order valence-electron chi connectivity index (χ4n) is 1.48. The molecular formula is C12H20ClN3O3S. The SMILES string of the molecule is CNCCN(C)S(=O)(=O)c1ccc(NC(C)=O)cc1.Cl. The highest BCUT2D eigenvalue weighted by Gasteiger charge is 2.19. The van der Waals surface area contributed by atoms with Gasteiger partial charge in [-0.2, -0.15) is 4.31 Å². The van der Waals surface area contributed by atoms with Gasteiger partial charge in [-0.05, 0) is 31.3 Å². The molecule has 0 radical (unpaired) electrons. The van der Waals surface area contributed by atoms with E-state index in [1.807, 2.05) is 0 Å². The number of sulfonamides is 1. The minimum atomic E-state index is -3.48. The van der Waals surface area contributed by atoms with E-state index in [0.29, 0.717) is 18.8 Å².